The Labute approximate surface area is 206 Å². The maximum absolute atomic E-state index is 13.8. The molecule has 186 valence electrons. The average molecular weight is 492 g/mol. The van der Waals surface area contributed by atoms with Crippen LogP contribution in [0.2, 0.25) is 5.02 Å². The molecule has 0 bridgehead atoms. The van der Waals surface area contributed by atoms with E-state index < -0.39 is 24.0 Å². The summed E-state index contributed by atoms with van der Waals surface area (Å²) in [5, 5.41) is 20.5. The summed E-state index contributed by atoms with van der Waals surface area (Å²) in [7, 11) is 0. The molecule has 0 unspecified atom stereocenters. The molecule has 1 heterocycles. The first kappa shape index (κ1) is 26.6. The van der Waals surface area contributed by atoms with Gasteiger partial charge in [-0.25, -0.2) is 4.39 Å². The number of likely N-dealkylation sites (tertiary alicyclic amines) is 1. The molecule has 3 rings (SSSR count). The van der Waals surface area contributed by atoms with Crippen LogP contribution < -0.4 is 0 Å². The lowest BCUT2D eigenvalue weighted by atomic mass is 9.99. The standard InChI is InChI=1S/C27H35ClFNO4/c1-3-20-13-19(6-10-26(20)28)14-23-5-4-12-30(23)16-24(31)17-34-18(2)25-15-22(29)9-7-21(25)8-11-27(32)33/h6-7,9-10,13,15,18,23-24,31H,3-5,8,11-12,14,16-17H2,1-2H3,(H,32,33)/t18-,23+,24-/m1/s1. The summed E-state index contributed by atoms with van der Waals surface area (Å²) in [6, 6.07) is 10.9. The van der Waals surface area contributed by atoms with Crippen molar-refractivity contribution in [1.29, 1.82) is 0 Å². The van der Waals surface area contributed by atoms with Gasteiger partial charge < -0.3 is 14.9 Å². The highest BCUT2D eigenvalue weighted by Crippen LogP contribution is 2.26. The zero-order chi connectivity index (χ0) is 24.7. The summed E-state index contributed by atoms with van der Waals surface area (Å²) in [5.41, 5.74) is 3.80. The Bertz CT molecular complexity index is 970. The summed E-state index contributed by atoms with van der Waals surface area (Å²) in [6.45, 7) is 5.48. The highest BCUT2D eigenvalue weighted by Gasteiger charge is 2.27. The van der Waals surface area contributed by atoms with Crippen LogP contribution in [-0.4, -0.2) is 52.9 Å². The summed E-state index contributed by atoms with van der Waals surface area (Å²) in [6.07, 6.45) is 3.16. The van der Waals surface area contributed by atoms with Crippen molar-refractivity contribution in [2.45, 2.75) is 70.6 Å². The monoisotopic (exact) mass is 491 g/mol. The van der Waals surface area contributed by atoms with Crippen LogP contribution in [0.3, 0.4) is 0 Å². The highest BCUT2D eigenvalue weighted by molar-refractivity contribution is 6.31. The van der Waals surface area contributed by atoms with Crippen molar-refractivity contribution in [2.24, 2.45) is 0 Å². The number of hydrogen-bond donors (Lipinski definition) is 2. The number of benzene rings is 2. The number of halogens is 2. The van der Waals surface area contributed by atoms with Crippen LogP contribution >= 0.6 is 11.6 Å². The van der Waals surface area contributed by atoms with Crippen LogP contribution in [0.4, 0.5) is 4.39 Å². The summed E-state index contributed by atoms with van der Waals surface area (Å²) in [4.78, 5) is 13.3. The van der Waals surface area contributed by atoms with Gasteiger partial charge in [0.2, 0.25) is 0 Å². The van der Waals surface area contributed by atoms with Crippen LogP contribution in [0.15, 0.2) is 36.4 Å². The van der Waals surface area contributed by atoms with Crippen molar-refractivity contribution >= 4 is 17.6 Å². The van der Waals surface area contributed by atoms with E-state index in [-0.39, 0.29) is 13.0 Å². The van der Waals surface area contributed by atoms with Crippen LogP contribution in [0, 0.1) is 5.82 Å². The number of aryl methyl sites for hydroxylation is 2. The molecular formula is C27H35ClFNO4. The number of ether oxygens (including phenoxy) is 1. The highest BCUT2D eigenvalue weighted by atomic mass is 35.5. The number of aliphatic hydroxyl groups excluding tert-OH is 1. The first-order chi connectivity index (χ1) is 16.3. The predicted molar refractivity (Wildman–Crippen MR) is 132 cm³/mol. The predicted octanol–water partition coefficient (Wildman–Crippen LogP) is 5.20. The molecule has 1 aliphatic heterocycles. The number of carbonyl (C=O) groups is 1. The third-order valence-electron chi connectivity index (χ3n) is 6.60. The van der Waals surface area contributed by atoms with E-state index in [4.69, 9.17) is 21.4 Å². The Kier molecular flexibility index (Phi) is 9.89. The maximum atomic E-state index is 13.8. The van der Waals surface area contributed by atoms with Gasteiger partial charge in [0.1, 0.15) is 5.82 Å². The molecule has 7 heteroatoms. The van der Waals surface area contributed by atoms with Gasteiger partial charge in [-0.3, -0.25) is 9.69 Å². The third-order valence-corrected chi connectivity index (χ3v) is 6.97. The molecule has 1 fully saturated rings. The number of aliphatic hydroxyl groups is 1. The Hall–Kier alpha value is -1.99. The summed E-state index contributed by atoms with van der Waals surface area (Å²) < 4.78 is 19.7. The van der Waals surface area contributed by atoms with Gasteiger partial charge in [0.25, 0.3) is 0 Å². The molecule has 0 amide bonds. The van der Waals surface area contributed by atoms with Crippen molar-refractivity contribution in [3.63, 3.8) is 0 Å². The molecule has 3 atom stereocenters. The van der Waals surface area contributed by atoms with E-state index in [9.17, 15) is 14.3 Å². The Morgan fingerprint density at radius 3 is 2.79 bits per heavy atom. The zero-order valence-corrected chi connectivity index (χ0v) is 20.7. The second-order valence-corrected chi connectivity index (χ2v) is 9.55. The van der Waals surface area contributed by atoms with Gasteiger partial charge in [-0.2, -0.15) is 0 Å². The molecule has 2 N–H and O–H groups in total. The fourth-order valence-corrected chi connectivity index (χ4v) is 5.00. The number of carboxylic acid groups (broad SMARTS) is 1. The van der Waals surface area contributed by atoms with E-state index in [1.165, 1.54) is 17.7 Å². The van der Waals surface area contributed by atoms with Gasteiger partial charge in [-0.1, -0.05) is 36.7 Å². The summed E-state index contributed by atoms with van der Waals surface area (Å²) >= 11 is 6.26. The van der Waals surface area contributed by atoms with Gasteiger partial charge in [0.05, 0.1) is 18.8 Å². The minimum Gasteiger partial charge on any atom is -0.481 e. The van der Waals surface area contributed by atoms with E-state index in [2.05, 4.69) is 24.0 Å². The van der Waals surface area contributed by atoms with Crippen LogP contribution in [0.5, 0.6) is 0 Å². The van der Waals surface area contributed by atoms with Crippen molar-refractivity contribution in [3.8, 4) is 0 Å². The lowest BCUT2D eigenvalue weighted by Gasteiger charge is -2.28. The smallest absolute Gasteiger partial charge is 0.303 e. The van der Waals surface area contributed by atoms with Crippen LogP contribution in [0.1, 0.15) is 61.5 Å². The minimum atomic E-state index is -0.899. The Balaban J connectivity index is 1.54. The quantitative estimate of drug-likeness (QED) is 0.427. The number of nitrogens with zero attached hydrogens (tertiary/aromatic N) is 1. The lowest BCUT2D eigenvalue weighted by molar-refractivity contribution is -0.136. The van der Waals surface area contributed by atoms with E-state index in [1.807, 2.05) is 6.07 Å². The molecule has 0 saturated carbocycles. The number of β-amino-alcohol motifs (C(OH)–C–C–N with tert-alkyl or cyclic N) is 1. The van der Waals surface area contributed by atoms with Gasteiger partial charge >= 0.3 is 5.97 Å². The number of carboxylic acids is 1. The van der Waals surface area contributed by atoms with Crippen LogP contribution in [-0.2, 0) is 28.8 Å². The number of rotatable bonds is 12. The molecule has 0 spiro atoms. The summed E-state index contributed by atoms with van der Waals surface area (Å²) in [5.74, 6) is -1.29. The van der Waals surface area contributed by atoms with E-state index in [0.29, 0.717) is 24.6 Å². The second-order valence-electron chi connectivity index (χ2n) is 9.14. The van der Waals surface area contributed by atoms with E-state index in [0.717, 1.165) is 48.4 Å². The molecule has 5 nitrogen and oxygen atoms in total. The van der Waals surface area contributed by atoms with E-state index in [1.54, 1.807) is 13.0 Å². The second kappa shape index (κ2) is 12.6. The largest absolute Gasteiger partial charge is 0.481 e. The molecule has 34 heavy (non-hydrogen) atoms. The van der Waals surface area contributed by atoms with Gasteiger partial charge in [-0.05, 0) is 86.0 Å². The molecule has 0 aliphatic carbocycles. The van der Waals surface area contributed by atoms with Crippen molar-refractivity contribution in [1.82, 2.24) is 4.90 Å². The van der Waals surface area contributed by atoms with Gasteiger partial charge in [0, 0.05) is 24.0 Å². The molecule has 2 aromatic carbocycles. The minimum absolute atomic E-state index is 0.0301. The topological polar surface area (TPSA) is 70.0 Å². The van der Waals surface area contributed by atoms with Crippen LogP contribution in [0.25, 0.3) is 0 Å². The third kappa shape index (κ3) is 7.51. The first-order valence-electron chi connectivity index (χ1n) is 12.1. The molecule has 1 aliphatic rings. The van der Waals surface area contributed by atoms with Gasteiger partial charge in [-0.15, -0.1) is 0 Å². The molecular weight excluding hydrogens is 457 g/mol. The average Bonchev–Trinajstić information content (AvgIpc) is 3.23. The normalized spacial score (nSPS) is 18.2. The van der Waals surface area contributed by atoms with Crippen molar-refractivity contribution in [2.75, 3.05) is 19.7 Å². The van der Waals surface area contributed by atoms with E-state index >= 15 is 0 Å². The fraction of sp³-hybridized carbons (Fsp3) is 0.519. The number of aliphatic carboxylic acids is 1. The van der Waals surface area contributed by atoms with Gasteiger partial charge in [0.15, 0.2) is 0 Å². The zero-order valence-electron chi connectivity index (χ0n) is 20.0. The molecule has 0 aromatic heterocycles. The maximum Gasteiger partial charge on any atom is 0.303 e. The van der Waals surface area contributed by atoms with Crippen molar-refractivity contribution < 1.29 is 24.1 Å². The molecule has 0 radical (unpaired) electrons. The Morgan fingerprint density at radius 2 is 2.06 bits per heavy atom. The van der Waals surface area contributed by atoms with Crippen molar-refractivity contribution in [3.05, 3.63) is 69.5 Å². The Morgan fingerprint density at radius 1 is 1.26 bits per heavy atom. The number of hydrogen-bond acceptors (Lipinski definition) is 4. The fourth-order valence-electron chi connectivity index (χ4n) is 4.75. The SMILES string of the molecule is CCc1cc(C[C@@H]2CCCN2C[C@@H](O)CO[C@H](C)c2cc(F)ccc2CCC(=O)O)ccc1Cl. The molecule has 1 saturated heterocycles. The molecule has 2 aromatic rings. The first-order valence-corrected chi connectivity index (χ1v) is 12.5. The lowest BCUT2D eigenvalue weighted by Crippen LogP contribution is -2.39.